The summed E-state index contributed by atoms with van der Waals surface area (Å²) in [6.07, 6.45) is -0.651. The molecule has 272 valence electrons. The van der Waals surface area contributed by atoms with Crippen LogP contribution in [0.3, 0.4) is 0 Å². The molecule has 0 unspecified atom stereocenters. The van der Waals surface area contributed by atoms with Crippen LogP contribution >= 0.6 is 22.7 Å². The lowest BCUT2D eigenvalue weighted by atomic mass is 9.98. The molecule has 1 saturated heterocycles. The van der Waals surface area contributed by atoms with Crippen LogP contribution in [-0.4, -0.2) is 88.9 Å². The number of thiazole rings is 1. The molecule has 4 aromatic rings. The molecule has 1 aliphatic heterocycles. The number of nitrogens with one attached hydrogen (secondary N) is 1. The molecular formula is C36H44N6O6S3. The lowest BCUT2D eigenvalue weighted by Crippen LogP contribution is -2.57. The fourth-order valence-corrected chi connectivity index (χ4v) is 8.99. The summed E-state index contributed by atoms with van der Waals surface area (Å²) in [5.74, 6) is -0.665. The van der Waals surface area contributed by atoms with E-state index in [1.54, 1.807) is 21.9 Å². The third kappa shape index (κ3) is 9.86. The third-order valence-corrected chi connectivity index (χ3v) is 12.5. The summed E-state index contributed by atoms with van der Waals surface area (Å²) in [6.45, 7) is 6.56. The van der Waals surface area contributed by atoms with Crippen LogP contribution in [0.5, 0.6) is 0 Å². The highest BCUT2D eigenvalue weighted by molar-refractivity contribution is 7.89. The smallest absolute Gasteiger partial charge is 0.321 e. The Morgan fingerprint density at radius 2 is 1.78 bits per heavy atom. The largest absolute Gasteiger partial charge is 0.390 e. The molecule has 3 atom stereocenters. The Labute approximate surface area is 307 Å². The predicted molar refractivity (Wildman–Crippen MR) is 199 cm³/mol. The molecule has 2 N–H and O–H groups in total. The molecule has 12 nitrogen and oxygen atoms in total. The van der Waals surface area contributed by atoms with E-state index in [0.29, 0.717) is 31.6 Å². The minimum absolute atomic E-state index is 0.0176. The van der Waals surface area contributed by atoms with E-state index in [9.17, 15) is 28.0 Å². The molecule has 5 rings (SSSR count). The van der Waals surface area contributed by atoms with Gasteiger partial charge in [-0.25, -0.2) is 18.2 Å². The number of aromatic nitrogens is 1. The SMILES string of the molecule is Cc1nc(CN2CCN([C@H](C(=O)N[C@@H](Cc3ccccc3)[C@H](O)CN(CCc3cccs3)S(=O)(=O)c3ccc(CN=O)cc3)C(C)C)C2=O)cs1. The average molecular weight is 753 g/mol. The number of urea groups is 1. The van der Waals surface area contributed by atoms with Crippen LogP contribution in [0.2, 0.25) is 0 Å². The molecule has 0 bridgehead atoms. The minimum atomic E-state index is -4.10. The van der Waals surface area contributed by atoms with Gasteiger partial charge in [-0.2, -0.15) is 9.21 Å². The summed E-state index contributed by atoms with van der Waals surface area (Å²) in [5, 5.41) is 22.5. The predicted octanol–water partition coefficient (Wildman–Crippen LogP) is 5.06. The van der Waals surface area contributed by atoms with Crippen LogP contribution in [0.25, 0.3) is 0 Å². The molecule has 2 aromatic heterocycles. The van der Waals surface area contributed by atoms with Crippen molar-refractivity contribution in [2.75, 3.05) is 26.2 Å². The molecule has 3 amide bonds. The summed E-state index contributed by atoms with van der Waals surface area (Å²) in [7, 11) is -4.10. The second-order valence-corrected chi connectivity index (χ2v) is 17.0. The number of aryl methyl sites for hydroxylation is 1. The van der Waals surface area contributed by atoms with E-state index in [0.717, 1.165) is 21.1 Å². The van der Waals surface area contributed by atoms with E-state index in [1.807, 2.05) is 74.0 Å². The highest BCUT2D eigenvalue weighted by Crippen LogP contribution is 2.23. The first-order valence-corrected chi connectivity index (χ1v) is 20.1. The number of nitroso groups, excluding NO2 is 1. The highest BCUT2D eigenvalue weighted by atomic mass is 32.2. The fraction of sp³-hybridized carbons (Fsp3) is 0.417. The van der Waals surface area contributed by atoms with Gasteiger partial charge in [0, 0.05) is 36.4 Å². The topological polar surface area (TPSA) is 153 Å². The molecule has 1 fully saturated rings. The minimum Gasteiger partial charge on any atom is -0.390 e. The van der Waals surface area contributed by atoms with E-state index in [1.165, 1.54) is 39.1 Å². The van der Waals surface area contributed by atoms with Gasteiger partial charge >= 0.3 is 6.03 Å². The number of hydrogen-bond donors (Lipinski definition) is 2. The number of hydrogen-bond acceptors (Lipinski definition) is 10. The van der Waals surface area contributed by atoms with Crippen molar-refractivity contribution in [3.8, 4) is 0 Å². The lowest BCUT2D eigenvalue weighted by molar-refractivity contribution is -0.128. The van der Waals surface area contributed by atoms with Crippen LogP contribution in [0.15, 0.2) is 87.6 Å². The van der Waals surface area contributed by atoms with Gasteiger partial charge in [-0.05, 0) is 60.4 Å². The van der Waals surface area contributed by atoms with E-state index in [-0.39, 0.29) is 42.9 Å². The first-order valence-electron chi connectivity index (χ1n) is 16.9. The quantitative estimate of drug-likeness (QED) is 0.135. The Balaban J connectivity index is 1.38. The number of carbonyl (C=O) groups is 2. The average Bonchev–Trinajstić information content (AvgIpc) is 3.86. The van der Waals surface area contributed by atoms with Crippen molar-refractivity contribution in [1.29, 1.82) is 0 Å². The Bertz CT molecular complexity index is 1850. The van der Waals surface area contributed by atoms with Gasteiger partial charge in [0.15, 0.2) is 0 Å². The van der Waals surface area contributed by atoms with E-state index >= 15 is 0 Å². The molecule has 0 saturated carbocycles. The fourth-order valence-electron chi connectivity index (χ4n) is 6.23. The number of amides is 3. The molecule has 2 aromatic carbocycles. The zero-order valence-corrected chi connectivity index (χ0v) is 31.4. The maximum Gasteiger partial charge on any atom is 0.321 e. The number of thiophene rings is 1. The summed E-state index contributed by atoms with van der Waals surface area (Å²) in [4.78, 5) is 47.3. The normalized spacial score (nSPS) is 15.4. The summed E-state index contributed by atoms with van der Waals surface area (Å²) < 4.78 is 29.4. The number of aliphatic hydroxyl groups is 1. The molecule has 0 spiro atoms. The second-order valence-electron chi connectivity index (χ2n) is 12.9. The van der Waals surface area contributed by atoms with Gasteiger partial charge < -0.3 is 20.2 Å². The number of aliphatic hydroxyl groups excluding tert-OH is 1. The van der Waals surface area contributed by atoms with Crippen molar-refractivity contribution < 1.29 is 23.1 Å². The lowest BCUT2D eigenvalue weighted by Gasteiger charge is -2.34. The van der Waals surface area contributed by atoms with Gasteiger partial charge in [0.25, 0.3) is 0 Å². The van der Waals surface area contributed by atoms with Gasteiger partial charge in [0.1, 0.15) is 12.6 Å². The molecule has 15 heteroatoms. The van der Waals surface area contributed by atoms with Crippen LogP contribution < -0.4 is 5.32 Å². The van der Waals surface area contributed by atoms with Crippen molar-refractivity contribution in [1.82, 2.24) is 24.4 Å². The van der Waals surface area contributed by atoms with Crippen molar-refractivity contribution in [3.63, 3.8) is 0 Å². The maximum absolute atomic E-state index is 14.2. The molecule has 51 heavy (non-hydrogen) atoms. The number of sulfonamides is 1. The van der Waals surface area contributed by atoms with Crippen molar-refractivity contribution >= 4 is 44.6 Å². The van der Waals surface area contributed by atoms with Crippen molar-refractivity contribution in [2.24, 2.45) is 11.1 Å². The Morgan fingerprint density at radius 1 is 1.04 bits per heavy atom. The molecular weight excluding hydrogens is 709 g/mol. The summed E-state index contributed by atoms with van der Waals surface area (Å²) >= 11 is 3.03. The van der Waals surface area contributed by atoms with Crippen molar-refractivity contribution in [2.45, 2.75) is 69.8 Å². The van der Waals surface area contributed by atoms with Crippen LogP contribution in [0.1, 0.15) is 40.6 Å². The first kappa shape index (κ1) is 38.2. The maximum atomic E-state index is 14.2. The van der Waals surface area contributed by atoms with Crippen LogP contribution in [-0.2, 0) is 40.7 Å². The van der Waals surface area contributed by atoms with Gasteiger partial charge in [-0.15, -0.1) is 22.7 Å². The molecule has 1 aliphatic rings. The van der Waals surface area contributed by atoms with E-state index in [2.05, 4.69) is 15.5 Å². The molecule has 0 aliphatic carbocycles. The summed E-state index contributed by atoms with van der Waals surface area (Å²) in [5.41, 5.74) is 2.23. The Hall–Kier alpha value is -4.02. The van der Waals surface area contributed by atoms with Gasteiger partial charge in [0.05, 0.1) is 34.3 Å². The Morgan fingerprint density at radius 3 is 2.41 bits per heavy atom. The molecule has 3 heterocycles. The van der Waals surface area contributed by atoms with Gasteiger partial charge in [0.2, 0.25) is 15.9 Å². The van der Waals surface area contributed by atoms with Crippen molar-refractivity contribution in [3.05, 3.63) is 109 Å². The third-order valence-electron chi connectivity index (χ3n) is 8.86. The van der Waals surface area contributed by atoms with Gasteiger partial charge in [-0.3, -0.25) is 4.79 Å². The zero-order chi connectivity index (χ0) is 36.5. The number of carbonyl (C=O) groups excluding carboxylic acids is 2. The number of rotatable bonds is 18. The van der Waals surface area contributed by atoms with Crippen LogP contribution in [0.4, 0.5) is 4.79 Å². The first-order chi connectivity index (χ1) is 24.5. The highest BCUT2D eigenvalue weighted by Gasteiger charge is 2.40. The van der Waals surface area contributed by atoms with Gasteiger partial charge in [-0.1, -0.05) is 67.6 Å². The van der Waals surface area contributed by atoms with E-state index in [4.69, 9.17) is 0 Å². The number of nitrogens with zero attached hydrogens (tertiary/aromatic N) is 5. The second kappa shape index (κ2) is 17.5. The van der Waals surface area contributed by atoms with Crippen LogP contribution in [0, 0.1) is 17.7 Å². The molecule has 0 radical (unpaired) electrons. The Kier molecular flexibility index (Phi) is 13.1. The zero-order valence-electron chi connectivity index (χ0n) is 28.9. The standard InChI is InChI=1S/C36H44N6O6S3/c1-25(2)34(42-18-17-40(36(42)45)22-29-24-50-26(3)38-29)35(44)39-32(20-27-8-5-4-6-9-27)33(43)23-41(16-15-30-10-7-19-49-30)51(47,48)31-13-11-28(12-14-31)21-37-46/h4-14,19,24-25,32-34,43H,15-18,20-23H2,1-3H3,(H,39,44)/t32-,33+,34-/m0/s1. The number of benzene rings is 2. The monoisotopic (exact) mass is 752 g/mol. The van der Waals surface area contributed by atoms with E-state index < -0.39 is 34.1 Å². The summed E-state index contributed by atoms with van der Waals surface area (Å²) in [6, 6.07) is 17.2.